The Hall–Kier alpha value is -3.36. The van der Waals surface area contributed by atoms with Crippen LogP contribution in [0.1, 0.15) is 5.56 Å². The van der Waals surface area contributed by atoms with Crippen LogP contribution in [0.25, 0.3) is 11.3 Å². The highest BCUT2D eigenvalue weighted by atomic mass is 19.4. The number of aromatic nitrogens is 2. The normalized spacial score (nSPS) is 12.0. The van der Waals surface area contributed by atoms with Crippen molar-refractivity contribution in [2.75, 3.05) is 0 Å². The van der Waals surface area contributed by atoms with Crippen molar-refractivity contribution >= 4 is 11.4 Å². The first-order valence-electron chi connectivity index (χ1n) is 7.04. The molecule has 3 N–H and O–H groups in total. The number of phenolic OH excluding ortho intramolecular Hbond substituents is 1. The van der Waals surface area contributed by atoms with E-state index in [1.807, 2.05) is 0 Å². The van der Waals surface area contributed by atoms with Gasteiger partial charge in [-0.15, -0.1) is 5.11 Å². The van der Waals surface area contributed by atoms with Gasteiger partial charge >= 0.3 is 6.18 Å². The minimum Gasteiger partial charge on any atom is -0.507 e. The van der Waals surface area contributed by atoms with E-state index >= 15 is 0 Å². The van der Waals surface area contributed by atoms with Gasteiger partial charge in [-0.2, -0.15) is 18.3 Å². The van der Waals surface area contributed by atoms with Gasteiger partial charge in [0.2, 0.25) is 0 Å². The second kappa shape index (κ2) is 6.27. The first kappa shape index (κ1) is 16.5. The van der Waals surface area contributed by atoms with Gasteiger partial charge in [0.15, 0.2) is 5.69 Å². The van der Waals surface area contributed by atoms with E-state index in [2.05, 4.69) is 20.4 Å². The molecule has 0 spiro atoms. The van der Waals surface area contributed by atoms with Gasteiger partial charge in [0.25, 0.3) is 5.56 Å². The van der Waals surface area contributed by atoms with Crippen LogP contribution in [-0.4, -0.2) is 15.3 Å². The monoisotopic (exact) mass is 348 g/mol. The summed E-state index contributed by atoms with van der Waals surface area (Å²) in [6.45, 7) is 0. The van der Waals surface area contributed by atoms with Crippen LogP contribution in [0.2, 0.25) is 0 Å². The van der Waals surface area contributed by atoms with Crippen molar-refractivity contribution in [2.45, 2.75) is 6.18 Å². The van der Waals surface area contributed by atoms with Crippen LogP contribution in [0.15, 0.2) is 63.6 Å². The van der Waals surface area contributed by atoms with E-state index in [0.717, 1.165) is 24.3 Å². The van der Waals surface area contributed by atoms with E-state index in [9.17, 15) is 23.1 Å². The van der Waals surface area contributed by atoms with Crippen molar-refractivity contribution in [1.82, 2.24) is 10.2 Å². The van der Waals surface area contributed by atoms with E-state index in [1.165, 1.54) is 6.07 Å². The molecule has 6 nitrogen and oxygen atoms in total. The Morgan fingerprint density at radius 1 is 0.920 bits per heavy atom. The maximum absolute atomic E-state index is 12.5. The first-order valence-corrected chi connectivity index (χ1v) is 7.04. The molecule has 0 unspecified atom stereocenters. The van der Waals surface area contributed by atoms with Crippen molar-refractivity contribution in [3.63, 3.8) is 0 Å². The van der Waals surface area contributed by atoms with Crippen LogP contribution in [0, 0.1) is 0 Å². The molecule has 0 fully saturated rings. The molecule has 0 saturated heterocycles. The number of phenols is 1. The highest BCUT2D eigenvalue weighted by Gasteiger charge is 2.29. The molecule has 2 aromatic carbocycles. The Bertz CT molecular complexity index is 972. The molecule has 0 radical (unpaired) electrons. The van der Waals surface area contributed by atoms with Crippen molar-refractivity contribution in [3.05, 3.63) is 64.4 Å². The topological polar surface area (TPSA) is 93.6 Å². The Morgan fingerprint density at radius 3 is 2.24 bits per heavy atom. The van der Waals surface area contributed by atoms with Crippen LogP contribution in [0.3, 0.4) is 0 Å². The number of H-pyrrole nitrogens is 2. The molecule has 0 bridgehead atoms. The number of nitrogens with one attached hydrogen (secondary N) is 2. The average Bonchev–Trinajstić information content (AvgIpc) is 2.93. The van der Waals surface area contributed by atoms with Crippen LogP contribution in [0.5, 0.6) is 5.75 Å². The molecule has 9 heteroatoms. The zero-order chi connectivity index (χ0) is 18.0. The van der Waals surface area contributed by atoms with Gasteiger partial charge in [0.1, 0.15) is 5.75 Å². The highest BCUT2D eigenvalue weighted by molar-refractivity contribution is 5.75. The lowest BCUT2D eigenvalue weighted by atomic mass is 10.1. The van der Waals surface area contributed by atoms with E-state index in [-0.39, 0.29) is 22.8 Å². The summed E-state index contributed by atoms with van der Waals surface area (Å²) in [5.41, 5.74) is -0.769. The number of aromatic amines is 2. The molecular formula is C16H11F3N4O2. The molecule has 3 aromatic rings. The van der Waals surface area contributed by atoms with Gasteiger partial charge < -0.3 is 5.11 Å². The summed E-state index contributed by atoms with van der Waals surface area (Å²) in [5.74, 6) is -0.0660. The summed E-state index contributed by atoms with van der Waals surface area (Å²) in [5, 5.41) is 22.4. The number of azo groups is 1. The standard InChI is InChI=1S/C16H11F3N4O2/c17-16(18,19)9-5-7-10(8-6-9)20-22-14-13(21-23-15(14)25)11-3-1-2-4-12(11)24/h1-8,24H,(H2,21,23,25). The number of para-hydroxylation sites is 1. The quantitative estimate of drug-likeness (QED) is 0.608. The summed E-state index contributed by atoms with van der Waals surface area (Å²) >= 11 is 0. The molecular weight excluding hydrogens is 337 g/mol. The van der Waals surface area contributed by atoms with E-state index in [4.69, 9.17) is 0 Å². The molecule has 0 aliphatic rings. The van der Waals surface area contributed by atoms with Crippen LogP contribution in [-0.2, 0) is 6.18 Å². The minimum atomic E-state index is -4.44. The molecule has 25 heavy (non-hydrogen) atoms. The Kier molecular flexibility index (Phi) is 4.14. The first-order chi connectivity index (χ1) is 11.9. The number of halogens is 3. The van der Waals surface area contributed by atoms with E-state index in [1.54, 1.807) is 18.2 Å². The third-order valence-electron chi connectivity index (χ3n) is 3.39. The summed E-state index contributed by atoms with van der Waals surface area (Å²) in [6, 6.07) is 10.3. The molecule has 0 aliphatic heterocycles. The molecule has 0 saturated carbocycles. The average molecular weight is 348 g/mol. The zero-order valence-electron chi connectivity index (χ0n) is 12.5. The van der Waals surface area contributed by atoms with Gasteiger partial charge in [-0.25, -0.2) is 0 Å². The molecule has 0 aliphatic carbocycles. The van der Waals surface area contributed by atoms with E-state index < -0.39 is 17.3 Å². The predicted molar refractivity (Wildman–Crippen MR) is 84.1 cm³/mol. The maximum Gasteiger partial charge on any atom is 0.416 e. The second-order valence-electron chi connectivity index (χ2n) is 5.06. The smallest absolute Gasteiger partial charge is 0.416 e. The number of aromatic hydroxyl groups is 1. The van der Waals surface area contributed by atoms with Crippen molar-refractivity contribution in [1.29, 1.82) is 0 Å². The number of benzene rings is 2. The predicted octanol–water partition coefficient (Wildman–Crippen LogP) is 4.51. The lowest BCUT2D eigenvalue weighted by Crippen LogP contribution is -2.03. The van der Waals surface area contributed by atoms with Gasteiger partial charge in [0, 0.05) is 5.56 Å². The van der Waals surface area contributed by atoms with Crippen molar-refractivity contribution in [2.24, 2.45) is 10.2 Å². The molecule has 0 atom stereocenters. The molecule has 3 rings (SSSR count). The lowest BCUT2D eigenvalue weighted by Gasteiger charge is -2.05. The maximum atomic E-state index is 12.5. The molecule has 128 valence electrons. The van der Waals surface area contributed by atoms with Gasteiger partial charge in [0.05, 0.1) is 16.9 Å². The molecule has 0 amide bonds. The van der Waals surface area contributed by atoms with Gasteiger partial charge in [-0.05, 0) is 36.4 Å². The Morgan fingerprint density at radius 2 is 1.60 bits per heavy atom. The summed E-state index contributed by atoms with van der Waals surface area (Å²) in [4.78, 5) is 11.9. The zero-order valence-corrected chi connectivity index (χ0v) is 12.5. The third kappa shape index (κ3) is 3.44. The fourth-order valence-electron chi connectivity index (χ4n) is 2.15. The Labute approximate surface area is 138 Å². The minimum absolute atomic E-state index is 0.0660. The summed E-state index contributed by atoms with van der Waals surface area (Å²) < 4.78 is 37.6. The van der Waals surface area contributed by atoms with Crippen LogP contribution < -0.4 is 5.56 Å². The fourth-order valence-corrected chi connectivity index (χ4v) is 2.15. The molecule has 1 aromatic heterocycles. The SMILES string of the molecule is O=c1[nH][nH]c(-c2ccccc2O)c1N=Nc1ccc(C(F)(F)F)cc1. The lowest BCUT2D eigenvalue weighted by molar-refractivity contribution is -0.137. The summed E-state index contributed by atoms with van der Waals surface area (Å²) in [7, 11) is 0. The number of rotatable bonds is 3. The number of alkyl halides is 3. The second-order valence-corrected chi connectivity index (χ2v) is 5.06. The van der Waals surface area contributed by atoms with Crippen molar-refractivity contribution < 1.29 is 18.3 Å². The third-order valence-corrected chi connectivity index (χ3v) is 3.39. The van der Waals surface area contributed by atoms with Crippen LogP contribution >= 0.6 is 0 Å². The summed E-state index contributed by atoms with van der Waals surface area (Å²) in [6.07, 6.45) is -4.44. The van der Waals surface area contributed by atoms with Crippen molar-refractivity contribution in [3.8, 4) is 17.0 Å². The molecule has 1 heterocycles. The van der Waals surface area contributed by atoms with E-state index in [0.29, 0.717) is 5.56 Å². The largest absolute Gasteiger partial charge is 0.507 e. The highest BCUT2D eigenvalue weighted by Crippen LogP contribution is 2.33. The Balaban J connectivity index is 1.94. The van der Waals surface area contributed by atoms with Gasteiger partial charge in [-0.1, -0.05) is 12.1 Å². The number of hydrogen-bond acceptors (Lipinski definition) is 4. The number of hydrogen-bond donors (Lipinski definition) is 3. The fraction of sp³-hybridized carbons (Fsp3) is 0.0625. The van der Waals surface area contributed by atoms with Gasteiger partial charge in [-0.3, -0.25) is 15.0 Å². The number of nitrogens with zero attached hydrogens (tertiary/aromatic N) is 2. The van der Waals surface area contributed by atoms with Crippen LogP contribution in [0.4, 0.5) is 24.5 Å².